The SMILES string of the molecule is Nc1c(-c2cc(Cl)cc(Cl)c2)nc2ccc(F)cn12. The molecule has 0 aliphatic carbocycles. The highest BCUT2D eigenvalue weighted by atomic mass is 35.5. The number of nitrogen functional groups attached to an aromatic ring is 1. The van der Waals surface area contributed by atoms with Gasteiger partial charge in [-0.1, -0.05) is 23.2 Å². The summed E-state index contributed by atoms with van der Waals surface area (Å²) < 4.78 is 14.7. The molecule has 0 saturated heterocycles. The second-order valence-electron chi connectivity index (χ2n) is 4.08. The van der Waals surface area contributed by atoms with Gasteiger partial charge in [0.05, 0.1) is 0 Å². The van der Waals surface area contributed by atoms with Crippen LogP contribution in [0.3, 0.4) is 0 Å². The Balaban J connectivity index is 2.27. The fraction of sp³-hybridized carbons (Fsp3) is 0. The molecule has 0 amide bonds. The molecule has 0 bridgehead atoms. The average molecular weight is 296 g/mol. The van der Waals surface area contributed by atoms with Gasteiger partial charge < -0.3 is 5.73 Å². The van der Waals surface area contributed by atoms with E-state index >= 15 is 0 Å². The number of halogens is 3. The van der Waals surface area contributed by atoms with Gasteiger partial charge in [-0.15, -0.1) is 0 Å². The molecule has 3 rings (SSSR count). The molecule has 19 heavy (non-hydrogen) atoms. The first-order valence-corrected chi connectivity index (χ1v) is 6.20. The van der Waals surface area contributed by atoms with Gasteiger partial charge in [-0.2, -0.15) is 0 Å². The first kappa shape index (κ1) is 12.3. The molecule has 3 nitrogen and oxygen atoms in total. The molecule has 2 aromatic heterocycles. The molecule has 0 aliphatic rings. The van der Waals surface area contributed by atoms with Crippen molar-refractivity contribution in [2.45, 2.75) is 0 Å². The maximum Gasteiger partial charge on any atom is 0.140 e. The summed E-state index contributed by atoms with van der Waals surface area (Å²) in [4.78, 5) is 4.36. The summed E-state index contributed by atoms with van der Waals surface area (Å²) in [6.45, 7) is 0. The summed E-state index contributed by atoms with van der Waals surface area (Å²) in [6.07, 6.45) is 1.29. The van der Waals surface area contributed by atoms with Crippen molar-refractivity contribution in [1.29, 1.82) is 0 Å². The topological polar surface area (TPSA) is 43.3 Å². The Hall–Kier alpha value is -1.78. The van der Waals surface area contributed by atoms with Crippen LogP contribution in [0.1, 0.15) is 0 Å². The highest BCUT2D eigenvalue weighted by molar-refractivity contribution is 6.35. The second kappa shape index (κ2) is 4.40. The number of fused-ring (bicyclic) bond motifs is 1. The number of imidazole rings is 1. The van der Waals surface area contributed by atoms with Gasteiger partial charge in [0.1, 0.15) is 23.0 Å². The quantitative estimate of drug-likeness (QED) is 0.736. The van der Waals surface area contributed by atoms with E-state index in [-0.39, 0.29) is 5.82 Å². The van der Waals surface area contributed by atoms with Crippen LogP contribution in [0.25, 0.3) is 16.9 Å². The summed E-state index contributed by atoms with van der Waals surface area (Å²) in [5.74, 6) is -0.0416. The van der Waals surface area contributed by atoms with E-state index in [0.717, 1.165) is 0 Å². The zero-order valence-electron chi connectivity index (χ0n) is 9.57. The maximum atomic E-state index is 13.2. The van der Waals surface area contributed by atoms with Gasteiger partial charge in [-0.3, -0.25) is 4.40 Å². The predicted octanol–water partition coefficient (Wildman–Crippen LogP) is 4.03. The van der Waals surface area contributed by atoms with Crippen LogP contribution >= 0.6 is 23.2 Å². The lowest BCUT2D eigenvalue weighted by atomic mass is 10.1. The first-order valence-electron chi connectivity index (χ1n) is 5.44. The van der Waals surface area contributed by atoms with Crippen LogP contribution in [0.5, 0.6) is 0 Å². The highest BCUT2D eigenvalue weighted by Gasteiger charge is 2.12. The number of anilines is 1. The highest BCUT2D eigenvalue weighted by Crippen LogP contribution is 2.31. The van der Waals surface area contributed by atoms with Crippen LogP contribution in [-0.4, -0.2) is 9.38 Å². The number of hydrogen-bond acceptors (Lipinski definition) is 2. The van der Waals surface area contributed by atoms with Gasteiger partial charge >= 0.3 is 0 Å². The fourth-order valence-corrected chi connectivity index (χ4v) is 2.47. The minimum Gasteiger partial charge on any atom is -0.383 e. The van der Waals surface area contributed by atoms with Crippen LogP contribution in [0.15, 0.2) is 36.5 Å². The number of nitrogens with two attached hydrogens (primary N) is 1. The molecule has 0 saturated carbocycles. The molecule has 0 atom stereocenters. The number of hydrogen-bond donors (Lipinski definition) is 1. The summed E-state index contributed by atoms with van der Waals surface area (Å²) in [6, 6.07) is 7.93. The lowest BCUT2D eigenvalue weighted by Crippen LogP contribution is -1.94. The van der Waals surface area contributed by atoms with Crippen molar-refractivity contribution in [2.24, 2.45) is 0 Å². The lowest BCUT2D eigenvalue weighted by molar-refractivity contribution is 0.619. The van der Waals surface area contributed by atoms with E-state index in [1.807, 2.05) is 0 Å². The average Bonchev–Trinajstić information content (AvgIpc) is 2.66. The number of benzene rings is 1. The Labute approximate surface area is 118 Å². The molecule has 96 valence electrons. The monoisotopic (exact) mass is 295 g/mol. The molecular weight excluding hydrogens is 288 g/mol. The molecule has 1 aromatic carbocycles. The van der Waals surface area contributed by atoms with Crippen LogP contribution in [0.2, 0.25) is 10.0 Å². The molecule has 2 heterocycles. The smallest absolute Gasteiger partial charge is 0.140 e. The van der Waals surface area contributed by atoms with Gasteiger partial charge in [0.2, 0.25) is 0 Å². The second-order valence-corrected chi connectivity index (χ2v) is 4.95. The summed E-state index contributed by atoms with van der Waals surface area (Å²) in [5, 5.41) is 0.982. The van der Waals surface area contributed by atoms with Gasteiger partial charge in [-0.25, -0.2) is 9.37 Å². The van der Waals surface area contributed by atoms with E-state index in [4.69, 9.17) is 28.9 Å². The van der Waals surface area contributed by atoms with Crippen molar-refractivity contribution in [1.82, 2.24) is 9.38 Å². The van der Waals surface area contributed by atoms with E-state index in [2.05, 4.69) is 4.98 Å². The Morgan fingerprint density at radius 3 is 2.47 bits per heavy atom. The fourth-order valence-electron chi connectivity index (χ4n) is 1.94. The van der Waals surface area contributed by atoms with Gasteiger partial charge in [0, 0.05) is 21.8 Å². The molecule has 0 spiro atoms. The van der Waals surface area contributed by atoms with Crippen molar-refractivity contribution in [3.05, 3.63) is 52.4 Å². The first-order chi connectivity index (χ1) is 9.04. The molecule has 2 N–H and O–H groups in total. The van der Waals surface area contributed by atoms with Gasteiger partial charge in [-0.05, 0) is 30.3 Å². The van der Waals surface area contributed by atoms with Crippen LogP contribution in [-0.2, 0) is 0 Å². The number of nitrogens with zero attached hydrogens (tertiary/aromatic N) is 2. The minimum absolute atomic E-state index is 0.341. The lowest BCUT2D eigenvalue weighted by Gasteiger charge is -2.01. The third-order valence-corrected chi connectivity index (χ3v) is 3.19. The third kappa shape index (κ3) is 2.13. The van der Waals surface area contributed by atoms with E-state index in [0.29, 0.717) is 32.8 Å². The van der Waals surface area contributed by atoms with Crippen LogP contribution in [0, 0.1) is 5.82 Å². The zero-order chi connectivity index (χ0) is 13.6. The third-order valence-electron chi connectivity index (χ3n) is 2.76. The van der Waals surface area contributed by atoms with E-state index in [9.17, 15) is 4.39 Å². The van der Waals surface area contributed by atoms with Gasteiger partial charge in [0.15, 0.2) is 0 Å². The van der Waals surface area contributed by atoms with E-state index < -0.39 is 0 Å². The Bertz CT molecular complexity index is 763. The molecule has 0 unspecified atom stereocenters. The normalized spacial score (nSPS) is 11.1. The predicted molar refractivity (Wildman–Crippen MR) is 75.0 cm³/mol. The van der Waals surface area contributed by atoms with E-state index in [1.54, 1.807) is 24.3 Å². The molecule has 0 radical (unpaired) electrons. The maximum absolute atomic E-state index is 13.2. The van der Waals surface area contributed by atoms with Crippen molar-refractivity contribution < 1.29 is 4.39 Å². The molecule has 0 aliphatic heterocycles. The molecule has 6 heteroatoms. The van der Waals surface area contributed by atoms with Crippen molar-refractivity contribution in [3.63, 3.8) is 0 Å². The zero-order valence-corrected chi connectivity index (χ0v) is 11.1. The van der Waals surface area contributed by atoms with Crippen molar-refractivity contribution >= 4 is 34.7 Å². The molecule has 0 fully saturated rings. The Morgan fingerprint density at radius 1 is 1.11 bits per heavy atom. The standard InChI is InChI=1S/C13H8Cl2FN3/c14-8-3-7(4-9(15)5-8)12-13(17)19-6-10(16)1-2-11(19)18-12/h1-6H,17H2. The largest absolute Gasteiger partial charge is 0.383 e. The summed E-state index contributed by atoms with van der Waals surface area (Å²) >= 11 is 11.9. The minimum atomic E-state index is -0.382. The van der Waals surface area contributed by atoms with Crippen LogP contribution in [0.4, 0.5) is 10.2 Å². The summed E-state index contributed by atoms with van der Waals surface area (Å²) in [5.41, 5.74) is 7.76. The Morgan fingerprint density at radius 2 is 1.79 bits per heavy atom. The van der Waals surface area contributed by atoms with Crippen molar-refractivity contribution in [2.75, 3.05) is 5.73 Å². The van der Waals surface area contributed by atoms with Crippen LogP contribution < -0.4 is 5.73 Å². The summed E-state index contributed by atoms with van der Waals surface area (Å²) in [7, 11) is 0. The van der Waals surface area contributed by atoms with Crippen molar-refractivity contribution in [3.8, 4) is 11.3 Å². The molecule has 3 aromatic rings. The van der Waals surface area contributed by atoms with E-state index in [1.165, 1.54) is 16.7 Å². The molecular formula is C13H8Cl2FN3. The number of pyridine rings is 1. The number of rotatable bonds is 1. The van der Waals surface area contributed by atoms with Gasteiger partial charge in [0.25, 0.3) is 0 Å². The number of aromatic nitrogens is 2. The Kier molecular flexibility index (Phi) is 2.84.